The van der Waals surface area contributed by atoms with Gasteiger partial charge in [-0.05, 0) is 25.1 Å². The highest BCUT2D eigenvalue weighted by Crippen LogP contribution is 2.18. The molecule has 0 unspecified atom stereocenters. The van der Waals surface area contributed by atoms with Crippen molar-refractivity contribution >= 4 is 35.8 Å². The predicted octanol–water partition coefficient (Wildman–Crippen LogP) is 2.50. The molecule has 2 rings (SSSR count). The Labute approximate surface area is 182 Å². The molecule has 2 aromatic carbocycles. The van der Waals surface area contributed by atoms with Crippen molar-refractivity contribution in [3.8, 4) is 11.5 Å². The Hall–Kier alpha value is -2.49. The van der Waals surface area contributed by atoms with Gasteiger partial charge in [0.05, 0.1) is 19.2 Å². The summed E-state index contributed by atoms with van der Waals surface area (Å²) in [5.74, 6) is 1.10. The molecule has 0 heterocycles. The van der Waals surface area contributed by atoms with Crippen molar-refractivity contribution in [2.24, 2.45) is 4.99 Å². The van der Waals surface area contributed by atoms with Crippen LogP contribution in [0.15, 0.2) is 53.5 Å². The molecule has 7 nitrogen and oxygen atoms in total. The van der Waals surface area contributed by atoms with Crippen LogP contribution in [0.25, 0.3) is 0 Å². The van der Waals surface area contributed by atoms with Gasteiger partial charge in [0.1, 0.15) is 11.5 Å². The fraction of sp³-hybridized carbons (Fsp3) is 0.300. The molecule has 2 aromatic rings. The minimum Gasteiger partial charge on any atom is -0.507 e. The van der Waals surface area contributed by atoms with Gasteiger partial charge in [0.15, 0.2) is 5.96 Å². The molecule has 0 fully saturated rings. The van der Waals surface area contributed by atoms with E-state index in [1.807, 2.05) is 31.2 Å². The van der Waals surface area contributed by atoms with E-state index >= 15 is 0 Å². The van der Waals surface area contributed by atoms with E-state index < -0.39 is 0 Å². The number of phenolic OH excluding ortho intramolecular Hbond substituents is 1. The zero-order valence-corrected chi connectivity index (χ0v) is 18.4. The molecule has 28 heavy (non-hydrogen) atoms. The zero-order chi connectivity index (χ0) is 19.5. The first-order valence-corrected chi connectivity index (χ1v) is 8.86. The van der Waals surface area contributed by atoms with Gasteiger partial charge in [-0.25, -0.2) is 4.99 Å². The van der Waals surface area contributed by atoms with Crippen molar-refractivity contribution in [1.29, 1.82) is 0 Å². The number of aromatic hydroxyl groups is 1. The van der Waals surface area contributed by atoms with E-state index in [0.29, 0.717) is 25.6 Å². The van der Waals surface area contributed by atoms with Gasteiger partial charge in [0, 0.05) is 25.2 Å². The number of aliphatic imine (C=N–C) groups is 1. The Balaban J connectivity index is 0.00000392. The number of guanidine groups is 1. The normalized spacial score (nSPS) is 10.6. The summed E-state index contributed by atoms with van der Waals surface area (Å²) in [6.45, 7) is 4.08. The van der Waals surface area contributed by atoms with Crippen LogP contribution < -0.4 is 20.7 Å². The number of ether oxygens (including phenoxy) is 1. The molecule has 8 heteroatoms. The molecule has 0 bridgehead atoms. The van der Waals surface area contributed by atoms with Crippen LogP contribution in [0, 0.1) is 0 Å². The number of phenols is 1. The number of hydrogen-bond acceptors (Lipinski definition) is 4. The Morgan fingerprint density at radius 2 is 1.71 bits per heavy atom. The summed E-state index contributed by atoms with van der Waals surface area (Å²) in [5.41, 5.74) is 1.25. The second-order valence-electron chi connectivity index (χ2n) is 5.71. The predicted molar refractivity (Wildman–Crippen MR) is 122 cm³/mol. The Morgan fingerprint density at radius 1 is 1.04 bits per heavy atom. The van der Waals surface area contributed by atoms with E-state index in [4.69, 9.17) is 4.74 Å². The third kappa shape index (κ3) is 7.26. The summed E-state index contributed by atoms with van der Waals surface area (Å²) in [4.78, 5) is 16.6. The number of benzene rings is 2. The number of carbonyl (C=O) groups excluding carboxylic acids is 1. The van der Waals surface area contributed by atoms with Gasteiger partial charge >= 0.3 is 0 Å². The summed E-state index contributed by atoms with van der Waals surface area (Å²) >= 11 is 0. The molecule has 0 saturated heterocycles. The molecule has 0 saturated carbocycles. The highest BCUT2D eigenvalue weighted by atomic mass is 127. The average molecular weight is 498 g/mol. The maximum atomic E-state index is 12.1. The van der Waals surface area contributed by atoms with Gasteiger partial charge in [-0.3, -0.25) is 4.79 Å². The van der Waals surface area contributed by atoms with E-state index in [2.05, 4.69) is 20.9 Å². The second-order valence-corrected chi connectivity index (χ2v) is 5.71. The fourth-order valence-electron chi connectivity index (χ4n) is 2.46. The number of carbonyl (C=O) groups is 1. The summed E-state index contributed by atoms with van der Waals surface area (Å²) in [6, 6.07) is 14.2. The first-order chi connectivity index (χ1) is 13.2. The lowest BCUT2D eigenvalue weighted by Gasteiger charge is -2.13. The van der Waals surface area contributed by atoms with Crippen molar-refractivity contribution < 1.29 is 14.6 Å². The third-order valence-electron chi connectivity index (χ3n) is 3.80. The summed E-state index contributed by atoms with van der Waals surface area (Å²) in [5, 5.41) is 18.8. The smallest absolute Gasteiger partial charge is 0.255 e. The lowest BCUT2D eigenvalue weighted by Crippen LogP contribution is -2.41. The van der Waals surface area contributed by atoms with E-state index in [1.54, 1.807) is 25.3 Å². The number of amides is 1. The van der Waals surface area contributed by atoms with Crippen LogP contribution in [-0.2, 0) is 6.54 Å². The average Bonchev–Trinajstić information content (AvgIpc) is 2.69. The van der Waals surface area contributed by atoms with Crippen LogP contribution in [0.2, 0.25) is 0 Å². The fourth-order valence-corrected chi connectivity index (χ4v) is 2.46. The van der Waals surface area contributed by atoms with E-state index in [-0.39, 0.29) is 41.2 Å². The lowest BCUT2D eigenvalue weighted by molar-refractivity contribution is 0.0951. The SMILES string of the molecule is CCNC(=NCc1ccccc1OC)NCCNC(=O)c1ccccc1O.I. The third-order valence-corrected chi connectivity index (χ3v) is 3.80. The van der Waals surface area contributed by atoms with Crippen LogP contribution >= 0.6 is 24.0 Å². The lowest BCUT2D eigenvalue weighted by atomic mass is 10.2. The van der Waals surface area contributed by atoms with Crippen molar-refractivity contribution in [3.63, 3.8) is 0 Å². The molecular weight excluding hydrogens is 471 g/mol. The van der Waals surface area contributed by atoms with E-state index in [9.17, 15) is 9.90 Å². The van der Waals surface area contributed by atoms with Crippen molar-refractivity contribution in [1.82, 2.24) is 16.0 Å². The number of halogens is 1. The summed E-state index contributed by atoms with van der Waals surface area (Å²) in [7, 11) is 1.64. The quantitative estimate of drug-likeness (QED) is 0.194. The number of rotatable bonds is 8. The first kappa shape index (κ1) is 23.5. The van der Waals surface area contributed by atoms with Crippen LogP contribution in [0.5, 0.6) is 11.5 Å². The van der Waals surface area contributed by atoms with Crippen LogP contribution in [0.3, 0.4) is 0 Å². The molecule has 0 aliphatic carbocycles. The molecular formula is C20H27IN4O3. The largest absolute Gasteiger partial charge is 0.507 e. The van der Waals surface area contributed by atoms with Crippen LogP contribution in [0.4, 0.5) is 0 Å². The number of hydrogen-bond donors (Lipinski definition) is 4. The van der Waals surface area contributed by atoms with Gasteiger partial charge in [0.25, 0.3) is 5.91 Å². The van der Waals surface area contributed by atoms with Gasteiger partial charge in [-0.2, -0.15) is 0 Å². The van der Waals surface area contributed by atoms with Gasteiger partial charge in [0.2, 0.25) is 0 Å². The molecule has 0 aliphatic heterocycles. The highest BCUT2D eigenvalue weighted by molar-refractivity contribution is 14.0. The summed E-state index contributed by atoms with van der Waals surface area (Å²) in [6.07, 6.45) is 0. The molecule has 0 aromatic heterocycles. The first-order valence-electron chi connectivity index (χ1n) is 8.86. The van der Waals surface area contributed by atoms with Crippen molar-refractivity contribution in [2.45, 2.75) is 13.5 Å². The number of methoxy groups -OCH3 is 1. The molecule has 0 aliphatic rings. The number of para-hydroxylation sites is 2. The standard InChI is InChI=1S/C20H26N4O3.HI/c1-3-21-20(24-14-15-8-4-7-11-18(15)27-2)23-13-12-22-19(26)16-9-5-6-10-17(16)25;/h4-11,25H,3,12-14H2,1-2H3,(H,22,26)(H2,21,23,24);1H. The van der Waals surface area contributed by atoms with Gasteiger partial charge in [-0.1, -0.05) is 30.3 Å². The molecule has 152 valence electrons. The monoisotopic (exact) mass is 498 g/mol. The maximum Gasteiger partial charge on any atom is 0.255 e. The number of nitrogens with one attached hydrogen (secondary N) is 3. The van der Waals surface area contributed by atoms with Gasteiger partial charge < -0.3 is 25.8 Å². The molecule has 0 radical (unpaired) electrons. The Morgan fingerprint density at radius 3 is 2.43 bits per heavy atom. The zero-order valence-electron chi connectivity index (χ0n) is 16.1. The Kier molecular flexibility index (Phi) is 10.8. The van der Waals surface area contributed by atoms with Crippen molar-refractivity contribution in [3.05, 3.63) is 59.7 Å². The maximum absolute atomic E-state index is 12.1. The minimum atomic E-state index is -0.314. The van der Waals surface area contributed by atoms with Gasteiger partial charge in [-0.15, -0.1) is 24.0 Å². The molecule has 0 spiro atoms. The molecule has 0 atom stereocenters. The summed E-state index contributed by atoms with van der Waals surface area (Å²) < 4.78 is 5.34. The molecule has 1 amide bonds. The Bertz CT molecular complexity index is 784. The van der Waals surface area contributed by atoms with E-state index in [0.717, 1.165) is 17.9 Å². The van der Waals surface area contributed by atoms with Crippen molar-refractivity contribution in [2.75, 3.05) is 26.7 Å². The minimum absolute atomic E-state index is 0. The second kappa shape index (κ2) is 12.8. The van der Waals surface area contributed by atoms with Crippen LogP contribution in [-0.4, -0.2) is 43.7 Å². The number of nitrogens with zero attached hydrogens (tertiary/aromatic N) is 1. The molecule has 4 N–H and O–H groups in total. The highest BCUT2D eigenvalue weighted by Gasteiger charge is 2.09. The van der Waals surface area contributed by atoms with E-state index in [1.165, 1.54) is 6.07 Å². The topological polar surface area (TPSA) is 95.0 Å². The van der Waals surface area contributed by atoms with Crippen LogP contribution in [0.1, 0.15) is 22.8 Å².